The van der Waals surface area contributed by atoms with Gasteiger partial charge in [0.05, 0.1) is 43.6 Å². The molecule has 6 rings (SSSR count). The molecule has 0 unspecified atom stereocenters. The highest BCUT2D eigenvalue weighted by Crippen LogP contribution is 2.51. The molecular weight excluding hydrogens is 867 g/mol. The van der Waals surface area contributed by atoms with E-state index in [0.717, 1.165) is 36.4 Å². The van der Waals surface area contributed by atoms with Gasteiger partial charge in [-0.15, -0.1) is 15.3 Å². The van der Waals surface area contributed by atoms with Crippen LogP contribution in [0.5, 0.6) is 17.2 Å². The van der Waals surface area contributed by atoms with Crippen LogP contribution >= 0.6 is 0 Å². The largest absolute Gasteiger partial charge is 0.505 e. The zero-order valence-corrected chi connectivity index (χ0v) is 32.8. The first-order chi connectivity index (χ1) is 28.7. The first-order valence-corrected chi connectivity index (χ1v) is 20.7. The summed E-state index contributed by atoms with van der Waals surface area (Å²) >= 11 is 0. The summed E-state index contributed by atoms with van der Waals surface area (Å²) in [6.07, 6.45) is 0. The molecule has 0 amide bonds. The first kappa shape index (κ1) is 42.7. The van der Waals surface area contributed by atoms with E-state index < -0.39 is 75.4 Å². The molecule has 0 heterocycles. The van der Waals surface area contributed by atoms with Crippen molar-refractivity contribution in [1.29, 1.82) is 0 Å². The van der Waals surface area contributed by atoms with Crippen molar-refractivity contribution in [2.24, 2.45) is 30.7 Å². The second-order valence-electron chi connectivity index (χ2n) is 12.2. The second-order valence-corrected chi connectivity index (χ2v) is 15.9. The molecule has 0 aliphatic rings. The maximum Gasteiger partial charge on any atom is 0.446 e. The van der Waals surface area contributed by atoms with Gasteiger partial charge in [0.15, 0.2) is 28.6 Å². The van der Waals surface area contributed by atoms with Crippen molar-refractivity contribution in [3.63, 3.8) is 0 Å². The third-order valence-electron chi connectivity index (χ3n) is 7.89. The number of hydrogen-bond acceptors (Lipinski definition) is 20. The van der Waals surface area contributed by atoms with Crippen molar-refractivity contribution in [3.8, 4) is 17.2 Å². The molecule has 27 heteroatoms. The van der Waals surface area contributed by atoms with E-state index in [4.69, 9.17) is 17.2 Å². The molecule has 0 bridgehead atoms. The van der Waals surface area contributed by atoms with Gasteiger partial charge in [-0.25, -0.2) is 8.42 Å². The number of nitrogens with two attached hydrogens (primary N) is 3. The van der Waals surface area contributed by atoms with E-state index >= 15 is 0 Å². The zero-order valence-electron chi connectivity index (χ0n) is 30.3. The lowest BCUT2D eigenvalue weighted by Gasteiger charge is -2.14. The molecule has 61 heavy (non-hydrogen) atoms. The van der Waals surface area contributed by atoms with Crippen molar-refractivity contribution in [2.75, 3.05) is 21.9 Å². The van der Waals surface area contributed by atoms with Crippen LogP contribution in [0.15, 0.2) is 139 Å². The van der Waals surface area contributed by atoms with Gasteiger partial charge in [-0.2, -0.15) is 32.2 Å². The summed E-state index contributed by atoms with van der Waals surface area (Å²) in [4.78, 5) is 10.1. The third-order valence-corrected chi connectivity index (χ3v) is 10.1. The van der Waals surface area contributed by atoms with Crippen LogP contribution in [0.1, 0.15) is 0 Å². The van der Waals surface area contributed by atoms with E-state index in [-0.39, 0.29) is 33.0 Å². The third kappa shape index (κ3) is 10.6. The van der Waals surface area contributed by atoms with Gasteiger partial charge in [-0.1, -0.05) is 0 Å². The molecule has 0 aliphatic heterocycles. The number of phenols is 1. The van der Waals surface area contributed by atoms with Gasteiger partial charge in [0.25, 0.3) is 15.7 Å². The smallest absolute Gasteiger partial charge is 0.446 e. The average molecular weight is 894 g/mol. The van der Waals surface area contributed by atoms with Crippen molar-refractivity contribution < 1.29 is 52.8 Å². The fourth-order valence-corrected chi connectivity index (χ4v) is 6.97. The molecular formula is C34H27N11O13S3. The van der Waals surface area contributed by atoms with Crippen LogP contribution in [0.4, 0.5) is 62.6 Å². The molecule has 0 aliphatic carbocycles. The zero-order chi connectivity index (χ0) is 44.3. The topological polar surface area (TPSA) is 389 Å². The van der Waals surface area contributed by atoms with E-state index in [1.54, 1.807) is 12.1 Å². The van der Waals surface area contributed by atoms with Crippen LogP contribution in [0, 0.1) is 10.1 Å². The maximum absolute atomic E-state index is 13.2. The summed E-state index contributed by atoms with van der Waals surface area (Å²) in [5.74, 6) is -2.64. The summed E-state index contributed by atoms with van der Waals surface area (Å²) in [7, 11) is -14.8. The molecule has 0 aromatic heterocycles. The minimum absolute atomic E-state index is 0.00331. The number of hydrogen-bond donors (Lipinski definition) is 7. The van der Waals surface area contributed by atoms with E-state index in [2.05, 4.69) is 43.8 Å². The molecule has 0 spiro atoms. The number of anilines is 4. The van der Waals surface area contributed by atoms with Crippen molar-refractivity contribution in [1.82, 2.24) is 0 Å². The highest BCUT2D eigenvalue weighted by molar-refractivity contribution is 7.92. The number of nitrogen functional groups attached to an aromatic ring is 3. The number of nitro groups is 1. The lowest BCUT2D eigenvalue weighted by atomic mass is 10.0. The fourth-order valence-electron chi connectivity index (χ4n) is 5.20. The molecule has 0 saturated heterocycles. The van der Waals surface area contributed by atoms with Crippen LogP contribution in [-0.2, 0) is 30.8 Å². The van der Waals surface area contributed by atoms with E-state index in [0.29, 0.717) is 22.7 Å². The van der Waals surface area contributed by atoms with Gasteiger partial charge >= 0.3 is 20.8 Å². The Morgan fingerprint density at radius 3 is 1.64 bits per heavy atom. The lowest BCUT2D eigenvalue weighted by molar-refractivity contribution is -0.384. The lowest BCUT2D eigenvalue weighted by Crippen LogP contribution is -2.12. The quantitative estimate of drug-likeness (QED) is 0.0182. The van der Waals surface area contributed by atoms with Crippen molar-refractivity contribution in [3.05, 3.63) is 113 Å². The summed E-state index contributed by atoms with van der Waals surface area (Å²) in [5, 5.41) is 45.2. The highest BCUT2D eigenvalue weighted by atomic mass is 32.3. The summed E-state index contributed by atoms with van der Waals surface area (Å²) in [5.41, 5.74) is 17.3. The number of sulfonamides is 1. The van der Waals surface area contributed by atoms with Crippen LogP contribution in [0.3, 0.4) is 0 Å². The standard InChI is InChI=1S/C34H27N11O13S3/c35-19-1-14-27(26(36)17-19)41-38-20-2-4-23(5-3-20)44-59(49,50)25-12-8-22(9-13-25)40-43-33-29(58-61(54,55)56)16-18-15-28(57-60(51,52)53)32(31(37)30(18)34(33)46)42-39-21-6-10-24(11-7-21)45(47)48/h1-17,44,46H,35-37H2,(H,51,52,53)(H,54,55,56). The predicted molar refractivity (Wildman–Crippen MR) is 219 cm³/mol. The number of fused-ring (bicyclic) bond motifs is 1. The molecule has 0 atom stereocenters. The molecule has 0 fully saturated rings. The van der Waals surface area contributed by atoms with Gasteiger partial charge in [-0.3, -0.25) is 23.9 Å². The first-order valence-electron chi connectivity index (χ1n) is 16.5. The number of rotatable bonds is 14. The maximum atomic E-state index is 13.2. The molecule has 0 saturated carbocycles. The fraction of sp³-hybridized carbons (Fsp3) is 0. The summed E-state index contributed by atoms with van der Waals surface area (Å²) < 4.78 is 104. The predicted octanol–water partition coefficient (Wildman–Crippen LogP) is 7.61. The van der Waals surface area contributed by atoms with Crippen molar-refractivity contribution in [2.45, 2.75) is 4.90 Å². The Kier molecular flexibility index (Phi) is 11.8. The van der Waals surface area contributed by atoms with E-state index in [9.17, 15) is 49.6 Å². The molecule has 6 aromatic rings. The van der Waals surface area contributed by atoms with Crippen molar-refractivity contribution >= 4 is 104 Å². The Labute approximate surface area is 343 Å². The SMILES string of the molecule is Nc1ccc(N=Nc2ccc(NS(=O)(=O)c3ccc(N=Nc4c(OS(=O)(=O)O)cc5cc(OS(=O)(=O)O)c(N=Nc6ccc([N+](=O)[O-])cc6)c(N)c5c4O)cc3)cc2)c(N)c1. The number of nitrogens with one attached hydrogen (secondary N) is 1. The van der Waals surface area contributed by atoms with Crippen LogP contribution in [-0.4, -0.2) is 44.4 Å². The Morgan fingerprint density at radius 2 is 1.11 bits per heavy atom. The number of phenolic OH excluding ortho intramolecular Hbond substituents is 1. The Bertz CT molecular complexity index is 3130. The minimum Gasteiger partial charge on any atom is -0.505 e. The van der Waals surface area contributed by atoms with E-state index in [1.165, 1.54) is 54.6 Å². The summed E-state index contributed by atoms with van der Waals surface area (Å²) in [6, 6.07) is 21.6. The highest BCUT2D eigenvalue weighted by Gasteiger charge is 2.25. The van der Waals surface area contributed by atoms with Crippen LogP contribution in [0.25, 0.3) is 10.8 Å². The molecule has 0 radical (unpaired) electrons. The number of nitrogens with zero attached hydrogens (tertiary/aromatic N) is 7. The monoisotopic (exact) mass is 893 g/mol. The number of aromatic hydroxyl groups is 1. The number of nitro benzene ring substituents is 1. The number of azo groups is 3. The normalized spacial score (nSPS) is 12.4. The van der Waals surface area contributed by atoms with Gasteiger partial charge in [0.1, 0.15) is 5.69 Å². The molecule has 6 aromatic carbocycles. The van der Waals surface area contributed by atoms with Gasteiger partial charge in [0, 0.05) is 23.5 Å². The number of benzene rings is 6. The molecule has 314 valence electrons. The van der Waals surface area contributed by atoms with Gasteiger partial charge < -0.3 is 30.7 Å². The Hall–Kier alpha value is -7.85. The second kappa shape index (κ2) is 16.8. The van der Waals surface area contributed by atoms with Crippen LogP contribution in [0.2, 0.25) is 0 Å². The van der Waals surface area contributed by atoms with Gasteiger partial charge in [0.2, 0.25) is 0 Å². The minimum atomic E-state index is -5.32. The molecule has 24 nitrogen and oxygen atoms in total. The average Bonchev–Trinajstić information content (AvgIpc) is 3.16. The summed E-state index contributed by atoms with van der Waals surface area (Å²) in [6.45, 7) is 0. The van der Waals surface area contributed by atoms with Crippen LogP contribution < -0.4 is 30.3 Å². The van der Waals surface area contributed by atoms with E-state index in [1.807, 2.05) is 0 Å². The Balaban J connectivity index is 1.30. The number of non-ortho nitro benzene ring substituents is 1. The Morgan fingerprint density at radius 1 is 0.623 bits per heavy atom. The molecule has 10 N–H and O–H groups in total. The van der Waals surface area contributed by atoms with Gasteiger partial charge in [-0.05, 0) is 96.4 Å².